The summed E-state index contributed by atoms with van der Waals surface area (Å²) in [6.45, 7) is 0.563. The molecule has 3 aromatic carbocycles. The zero-order chi connectivity index (χ0) is 26.4. The zero-order valence-corrected chi connectivity index (χ0v) is 20.6. The van der Waals surface area contributed by atoms with Crippen LogP contribution in [-0.4, -0.2) is 42.9 Å². The van der Waals surface area contributed by atoms with Gasteiger partial charge in [0.2, 0.25) is 0 Å². The molecule has 10 heteroatoms. The van der Waals surface area contributed by atoms with E-state index in [1.807, 2.05) is 0 Å². The van der Waals surface area contributed by atoms with E-state index in [0.717, 1.165) is 16.7 Å². The van der Waals surface area contributed by atoms with Crippen LogP contribution in [0.4, 0.5) is 20.2 Å². The van der Waals surface area contributed by atoms with E-state index in [4.69, 9.17) is 4.74 Å². The molecule has 2 N–H and O–H groups in total. The van der Waals surface area contributed by atoms with Gasteiger partial charge in [-0.2, -0.15) is 0 Å². The number of amides is 3. The summed E-state index contributed by atoms with van der Waals surface area (Å²) in [5, 5.41) is 5.70. The summed E-state index contributed by atoms with van der Waals surface area (Å²) in [4.78, 5) is 40.8. The first-order chi connectivity index (χ1) is 17.9. The van der Waals surface area contributed by atoms with Gasteiger partial charge < -0.3 is 15.4 Å². The second kappa shape index (κ2) is 11.8. The first-order valence-corrected chi connectivity index (χ1v) is 12.1. The molecular weight excluding hydrogens is 500 g/mol. The second-order valence-corrected chi connectivity index (χ2v) is 9.12. The van der Waals surface area contributed by atoms with Crippen molar-refractivity contribution < 1.29 is 27.9 Å². The number of thioether (sulfide) groups is 1. The number of nitrogens with zero attached hydrogens (tertiary/aromatic N) is 1. The van der Waals surface area contributed by atoms with Gasteiger partial charge in [-0.1, -0.05) is 17.8 Å². The molecule has 0 saturated carbocycles. The molecule has 1 aliphatic heterocycles. The highest BCUT2D eigenvalue weighted by Gasteiger charge is 2.38. The van der Waals surface area contributed by atoms with E-state index in [-0.39, 0.29) is 22.7 Å². The molecule has 0 aromatic heterocycles. The van der Waals surface area contributed by atoms with E-state index >= 15 is 0 Å². The highest BCUT2D eigenvalue weighted by molar-refractivity contribution is 8.04. The molecule has 4 rings (SSSR count). The molecule has 7 nitrogen and oxygen atoms in total. The first-order valence-electron chi connectivity index (χ1n) is 11.3. The summed E-state index contributed by atoms with van der Waals surface area (Å²) in [6, 6.07) is 17.4. The maximum atomic E-state index is 13.4. The van der Waals surface area contributed by atoms with E-state index in [9.17, 15) is 23.2 Å². The maximum absolute atomic E-state index is 13.4. The molecule has 0 unspecified atom stereocenters. The van der Waals surface area contributed by atoms with E-state index in [1.54, 1.807) is 24.3 Å². The third-order valence-electron chi connectivity index (χ3n) is 5.39. The Bertz CT molecular complexity index is 1340. The monoisotopic (exact) mass is 523 g/mol. The number of ether oxygens (including phenoxy) is 1. The molecule has 3 aromatic rings. The number of nitrogens with one attached hydrogen (secondary N) is 2. The molecular formula is C27H23F2N3O4S. The number of imide groups is 1. The van der Waals surface area contributed by atoms with Crippen LogP contribution in [0.15, 0.2) is 88.3 Å². The number of benzene rings is 3. The minimum atomic E-state index is -0.492. The molecule has 0 spiro atoms. The summed E-state index contributed by atoms with van der Waals surface area (Å²) in [5.74, 6) is -2.24. The molecule has 0 radical (unpaired) electrons. The summed E-state index contributed by atoms with van der Waals surface area (Å²) in [6.07, 6.45) is 0.473. The largest absolute Gasteiger partial charge is 0.385 e. The molecule has 190 valence electrons. The number of halogens is 2. The van der Waals surface area contributed by atoms with Crippen molar-refractivity contribution in [3.8, 4) is 0 Å². The van der Waals surface area contributed by atoms with Crippen LogP contribution in [0.3, 0.4) is 0 Å². The number of hydrogen-bond donors (Lipinski definition) is 2. The lowest BCUT2D eigenvalue weighted by molar-refractivity contribution is -0.137. The minimum absolute atomic E-state index is 0.0831. The number of carbonyl (C=O) groups is 3. The van der Waals surface area contributed by atoms with Crippen LogP contribution in [0.2, 0.25) is 0 Å². The predicted molar refractivity (Wildman–Crippen MR) is 137 cm³/mol. The lowest BCUT2D eigenvalue weighted by atomic mass is 10.2. The van der Waals surface area contributed by atoms with Crippen LogP contribution in [0.25, 0.3) is 0 Å². The second-order valence-electron chi connectivity index (χ2n) is 8.04. The van der Waals surface area contributed by atoms with Gasteiger partial charge in [-0.05, 0) is 73.2 Å². The number of methoxy groups -OCH3 is 1. The van der Waals surface area contributed by atoms with Crippen molar-refractivity contribution in [2.75, 3.05) is 30.9 Å². The van der Waals surface area contributed by atoms with Gasteiger partial charge in [0.1, 0.15) is 22.2 Å². The van der Waals surface area contributed by atoms with Crippen molar-refractivity contribution in [1.29, 1.82) is 0 Å². The maximum Gasteiger partial charge on any atom is 0.278 e. The van der Waals surface area contributed by atoms with Crippen molar-refractivity contribution >= 4 is 40.9 Å². The number of hydrogen-bond acceptors (Lipinski definition) is 6. The van der Waals surface area contributed by atoms with Gasteiger partial charge in [0, 0.05) is 42.1 Å². The van der Waals surface area contributed by atoms with E-state index in [2.05, 4.69) is 10.6 Å². The first kappa shape index (κ1) is 26.1. The molecule has 0 saturated heterocycles. The lowest BCUT2D eigenvalue weighted by Crippen LogP contribution is -2.33. The van der Waals surface area contributed by atoms with Crippen LogP contribution in [0.1, 0.15) is 16.8 Å². The van der Waals surface area contributed by atoms with E-state index < -0.39 is 29.4 Å². The summed E-state index contributed by atoms with van der Waals surface area (Å²) < 4.78 is 31.6. The Balaban J connectivity index is 1.57. The number of rotatable bonds is 10. The van der Waals surface area contributed by atoms with Crippen LogP contribution >= 0.6 is 11.8 Å². The Morgan fingerprint density at radius 3 is 2.27 bits per heavy atom. The predicted octanol–water partition coefficient (Wildman–Crippen LogP) is 5.04. The fraction of sp³-hybridized carbons (Fsp3) is 0.148. The molecule has 0 atom stereocenters. The Kier molecular flexibility index (Phi) is 8.32. The average Bonchev–Trinajstić information content (AvgIpc) is 3.10. The Labute approximate surface area is 216 Å². The molecule has 1 heterocycles. The zero-order valence-electron chi connectivity index (χ0n) is 19.8. The van der Waals surface area contributed by atoms with E-state index in [0.29, 0.717) is 29.3 Å². The van der Waals surface area contributed by atoms with Gasteiger partial charge in [-0.3, -0.25) is 19.3 Å². The summed E-state index contributed by atoms with van der Waals surface area (Å²) in [7, 11) is 1.54. The Morgan fingerprint density at radius 1 is 0.919 bits per heavy atom. The van der Waals surface area contributed by atoms with Gasteiger partial charge in [0.05, 0.1) is 0 Å². The van der Waals surface area contributed by atoms with Gasteiger partial charge >= 0.3 is 0 Å². The van der Waals surface area contributed by atoms with Crippen molar-refractivity contribution in [3.63, 3.8) is 0 Å². The molecule has 1 aliphatic rings. The summed E-state index contributed by atoms with van der Waals surface area (Å²) >= 11 is 1.07. The highest BCUT2D eigenvalue weighted by atomic mass is 32.2. The van der Waals surface area contributed by atoms with Crippen molar-refractivity contribution in [2.24, 2.45) is 0 Å². The number of anilines is 2. The molecule has 3 amide bonds. The molecule has 37 heavy (non-hydrogen) atoms. The Morgan fingerprint density at radius 2 is 1.59 bits per heavy atom. The van der Waals surface area contributed by atoms with Gasteiger partial charge in [0.25, 0.3) is 17.7 Å². The minimum Gasteiger partial charge on any atom is -0.385 e. The van der Waals surface area contributed by atoms with E-state index in [1.165, 1.54) is 55.6 Å². The van der Waals surface area contributed by atoms with Crippen molar-refractivity contribution in [1.82, 2.24) is 4.90 Å². The SMILES string of the molecule is COCCCN1C(=O)C(Nc2ccc(F)cc2)=C(Sc2cccc(NC(=O)c3ccc(F)cc3)c2)C1=O. The average molecular weight is 524 g/mol. The molecule has 0 bridgehead atoms. The lowest BCUT2D eigenvalue weighted by Gasteiger charge is -2.14. The van der Waals surface area contributed by atoms with Gasteiger partial charge in [-0.25, -0.2) is 8.78 Å². The molecule has 0 aliphatic carbocycles. The van der Waals surface area contributed by atoms with Gasteiger partial charge in [-0.15, -0.1) is 0 Å². The van der Waals surface area contributed by atoms with Crippen LogP contribution in [0.5, 0.6) is 0 Å². The van der Waals surface area contributed by atoms with Crippen molar-refractivity contribution in [2.45, 2.75) is 11.3 Å². The third-order valence-corrected chi connectivity index (χ3v) is 6.46. The third kappa shape index (κ3) is 6.41. The van der Waals surface area contributed by atoms with Crippen molar-refractivity contribution in [3.05, 3.63) is 101 Å². The standard InChI is InChI=1S/C27H23F2N3O4S/c1-36-15-3-14-32-26(34)23(30-20-12-10-19(29)11-13-20)24(27(32)35)37-22-5-2-4-21(16-22)31-25(33)17-6-8-18(28)9-7-17/h2,4-13,16,30H,3,14-15H2,1H3,(H,31,33). The molecule has 0 fully saturated rings. The van der Waals surface area contributed by atoms with Crippen LogP contribution < -0.4 is 10.6 Å². The quantitative estimate of drug-likeness (QED) is 0.286. The van der Waals surface area contributed by atoms with Crippen LogP contribution in [-0.2, 0) is 14.3 Å². The summed E-state index contributed by atoms with van der Waals surface area (Å²) in [5.41, 5.74) is 1.28. The normalized spacial score (nSPS) is 13.3. The smallest absolute Gasteiger partial charge is 0.278 e. The fourth-order valence-corrected chi connectivity index (χ4v) is 4.57. The topological polar surface area (TPSA) is 87.7 Å². The van der Waals surface area contributed by atoms with Crippen LogP contribution in [0, 0.1) is 11.6 Å². The number of carbonyl (C=O) groups excluding carboxylic acids is 3. The highest BCUT2D eigenvalue weighted by Crippen LogP contribution is 2.37. The van der Waals surface area contributed by atoms with Gasteiger partial charge in [0.15, 0.2) is 0 Å². The fourth-order valence-electron chi connectivity index (χ4n) is 3.57. The Hall–Kier alpha value is -4.02.